The summed E-state index contributed by atoms with van der Waals surface area (Å²) in [6, 6.07) is 14.1. The molecule has 2 aromatic carbocycles. The molecule has 2 aliphatic heterocycles. The zero-order valence-electron chi connectivity index (χ0n) is 16.1. The third kappa shape index (κ3) is 3.53. The minimum atomic E-state index is -0.404. The molecule has 2 aromatic rings. The third-order valence-electron chi connectivity index (χ3n) is 5.45. The molecule has 0 spiro atoms. The molecule has 0 aromatic heterocycles. The lowest BCUT2D eigenvalue weighted by Gasteiger charge is -2.26. The van der Waals surface area contributed by atoms with Crippen LogP contribution in [0.2, 0.25) is 0 Å². The van der Waals surface area contributed by atoms with Crippen LogP contribution in [0.5, 0.6) is 0 Å². The van der Waals surface area contributed by atoms with Crippen LogP contribution in [0, 0.1) is 0 Å². The van der Waals surface area contributed by atoms with E-state index in [-0.39, 0.29) is 17.7 Å². The van der Waals surface area contributed by atoms with Crippen LogP contribution in [0.4, 0.5) is 5.69 Å². The maximum Gasteiger partial charge on any atom is 0.256 e. The first-order chi connectivity index (χ1) is 14.1. The summed E-state index contributed by atoms with van der Waals surface area (Å²) in [7, 11) is 0. The van der Waals surface area contributed by atoms with Crippen LogP contribution in [-0.4, -0.2) is 41.8 Å². The summed E-state index contributed by atoms with van der Waals surface area (Å²) < 4.78 is 0. The molecular formula is C23H23N3O3. The van der Waals surface area contributed by atoms with Gasteiger partial charge in [0.05, 0.1) is 17.8 Å². The summed E-state index contributed by atoms with van der Waals surface area (Å²) in [5.74, 6) is -0.290. The van der Waals surface area contributed by atoms with E-state index in [9.17, 15) is 14.4 Å². The second-order valence-corrected chi connectivity index (χ2v) is 7.29. The third-order valence-corrected chi connectivity index (χ3v) is 5.45. The molecule has 3 amide bonds. The first-order valence-electron chi connectivity index (χ1n) is 9.79. The number of fused-ring (bicyclic) bond motifs is 2. The Morgan fingerprint density at radius 1 is 1.14 bits per heavy atom. The molecule has 1 N–H and O–H groups in total. The lowest BCUT2D eigenvalue weighted by molar-refractivity contribution is -0.122. The van der Waals surface area contributed by atoms with Crippen molar-refractivity contribution in [3.8, 4) is 0 Å². The van der Waals surface area contributed by atoms with E-state index in [1.165, 1.54) is 0 Å². The molecule has 148 valence electrons. The fourth-order valence-corrected chi connectivity index (χ4v) is 3.98. The van der Waals surface area contributed by atoms with Gasteiger partial charge < -0.3 is 15.1 Å². The quantitative estimate of drug-likeness (QED) is 0.800. The summed E-state index contributed by atoms with van der Waals surface area (Å²) in [6.07, 6.45) is 3.16. The van der Waals surface area contributed by atoms with E-state index >= 15 is 0 Å². The number of rotatable bonds is 5. The fraction of sp³-hybridized carbons (Fsp3) is 0.261. The molecule has 1 fully saturated rings. The van der Waals surface area contributed by atoms with Gasteiger partial charge in [-0.15, -0.1) is 6.58 Å². The van der Waals surface area contributed by atoms with Gasteiger partial charge in [0.25, 0.3) is 11.8 Å². The van der Waals surface area contributed by atoms with Gasteiger partial charge in [-0.1, -0.05) is 30.3 Å². The zero-order chi connectivity index (χ0) is 20.4. The lowest BCUT2D eigenvalue weighted by Crippen LogP contribution is -2.44. The minimum Gasteiger partial charge on any atom is -0.349 e. The Bertz CT molecular complexity index is 968. The highest BCUT2D eigenvalue weighted by Gasteiger charge is 2.41. The summed E-state index contributed by atoms with van der Waals surface area (Å²) in [5.41, 5.74) is 2.65. The van der Waals surface area contributed by atoms with Crippen molar-refractivity contribution in [2.75, 3.05) is 18.0 Å². The van der Waals surface area contributed by atoms with Crippen molar-refractivity contribution in [1.29, 1.82) is 0 Å². The van der Waals surface area contributed by atoms with Crippen LogP contribution in [0.25, 0.3) is 0 Å². The number of hydrogen-bond donors (Lipinski definition) is 1. The van der Waals surface area contributed by atoms with Crippen molar-refractivity contribution in [2.45, 2.75) is 25.4 Å². The molecule has 2 aliphatic rings. The molecule has 29 heavy (non-hydrogen) atoms. The molecule has 0 saturated carbocycles. The summed E-state index contributed by atoms with van der Waals surface area (Å²) >= 11 is 0. The Balaban J connectivity index is 1.62. The lowest BCUT2D eigenvalue weighted by atomic mass is 10.1. The molecule has 6 nitrogen and oxygen atoms in total. The van der Waals surface area contributed by atoms with Gasteiger partial charge in [0, 0.05) is 18.7 Å². The molecule has 0 radical (unpaired) electrons. The summed E-state index contributed by atoms with van der Waals surface area (Å²) in [4.78, 5) is 41.7. The van der Waals surface area contributed by atoms with Gasteiger partial charge in [-0.3, -0.25) is 14.4 Å². The highest BCUT2D eigenvalue weighted by Crippen LogP contribution is 2.33. The van der Waals surface area contributed by atoms with Gasteiger partial charge in [-0.05, 0) is 42.7 Å². The van der Waals surface area contributed by atoms with Gasteiger partial charge in [-0.2, -0.15) is 0 Å². The molecular weight excluding hydrogens is 366 g/mol. The molecule has 1 saturated heterocycles. The van der Waals surface area contributed by atoms with Gasteiger partial charge in [0.15, 0.2) is 0 Å². The SMILES string of the molecule is C=CCNC(=O)c1ccc(CN2C(=O)[C@@H]3CCCN3C(=O)c3ccccc32)cc1. The van der Waals surface area contributed by atoms with E-state index in [2.05, 4.69) is 11.9 Å². The van der Waals surface area contributed by atoms with E-state index in [1.807, 2.05) is 30.3 Å². The first-order valence-corrected chi connectivity index (χ1v) is 9.79. The number of nitrogens with zero attached hydrogens (tertiary/aromatic N) is 2. The maximum atomic E-state index is 13.3. The van der Waals surface area contributed by atoms with Crippen LogP contribution in [0.3, 0.4) is 0 Å². The first kappa shape index (κ1) is 18.9. The number of para-hydroxylation sites is 1. The zero-order valence-corrected chi connectivity index (χ0v) is 16.1. The van der Waals surface area contributed by atoms with Crippen LogP contribution in [0.1, 0.15) is 39.1 Å². The van der Waals surface area contributed by atoms with Crippen molar-refractivity contribution >= 4 is 23.4 Å². The van der Waals surface area contributed by atoms with E-state index in [0.717, 1.165) is 12.0 Å². The van der Waals surface area contributed by atoms with Crippen LogP contribution < -0.4 is 10.2 Å². The monoisotopic (exact) mass is 389 g/mol. The number of hydrogen-bond acceptors (Lipinski definition) is 3. The van der Waals surface area contributed by atoms with Gasteiger partial charge in [-0.25, -0.2) is 0 Å². The average molecular weight is 389 g/mol. The van der Waals surface area contributed by atoms with Gasteiger partial charge in [0.1, 0.15) is 6.04 Å². The molecule has 4 rings (SSSR count). The number of carbonyl (C=O) groups is 3. The molecule has 2 heterocycles. The smallest absolute Gasteiger partial charge is 0.256 e. The minimum absolute atomic E-state index is 0.0476. The van der Waals surface area contributed by atoms with Crippen LogP contribution in [-0.2, 0) is 11.3 Å². The number of amides is 3. The highest BCUT2D eigenvalue weighted by atomic mass is 16.2. The Morgan fingerprint density at radius 3 is 2.66 bits per heavy atom. The largest absolute Gasteiger partial charge is 0.349 e. The molecule has 1 atom stereocenters. The van der Waals surface area contributed by atoms with Gasteiger partial charge in [0.2, 0.25) is 5.91 Å². The second kappa shape index (κ2) is 7.91. The van der Waals surface area contributed by atoms with E-state index in [0.29, 0.717) is 42.9 Å². The number of nitrogens with one attached hydrogen (secondary N) is 1. The predicted octanol–water partition coefficient (Wildman–Crippen LogP) is 2.75. The van der Waals surface area contributed by atoms with Gasteiger partial charge >= 0.3 is 0 Å². The maximum absolute atomic E-state index is 13.3. The molecule has 0 unspecified atom stereocenters. The molecule has 0 aliphatic carbocycles. The van der Waals surface area contributed by atoms with Crippen molar-refractivity contribution in [2.24, 2.45) is 0 Å². The van der Waals surface area contributed by atoms with Crippen molar-refractivity contribution in [3.05, 3.63) is 77.9 Å². The van der Waals surface area contributed by atoms with E-state index < -0.39 is 6.04 Å². The number of anilines is 1. The van der Waals surface area contributed by atoms with Crippen molar-refractivity contribution in [3.63, 3.8) is 0 Å². The van der Waals surface area contributed by atoms with Crippen molar-refractivity contribution < 1.29 is 14.4 Å². The summed E-state index contributed by atoms with van der Waals surface area (Å²) in [5, 5.41) is 2.74. The summed E-state index contributed by atoms with van der Waals surface area (Å²) in [6.45, 7) is 4.96. The van der Waals surface area contributed by atoms with E-state index in [4.69, 9.17) is 0 Å². The average Bonchev–Trinajstić information content (AvgIpc) is 3.22. The second-order valence-electron chi connectivity index (χ2n) is 7.29. The topological polar surface area (TPSA) is 69.7 Å². The highest BCUT2D eigenvalue weighted by molar-refractivity contribution is 6.11. The molecule has 0 bridgehead atoms. The van der Waals surface area contributed by atoms with E-state index in [1.54, 1.807) is 34.1 Å². The Morgan fingerprint density at radius 2 is 1.90 bits per heavy atom. The normalized spacial score (nSPS) is 18.1. The standard InChI is InChI=1S/C23H23N3O3/c1-2-13-24-21(27)17-11-9-16(10-12-17)15-26-19-7-4-3-6-18(19)22(28)25-14-5-8-20(25)23(26)29/h2-4,6-7,9-12,20H,1,5,8,13-15H2,(H,24,27)/t20-/m0/s1. The Labute approximate surface area is 169 Å². The predicted molar refractivity (Wildman–Crippen MR) is 111 cm³/mol. The number of benzene rings is 2. The van der Waals surface area contributed by atoms with Crippen LogP contribution in [0.15, 0.2) is 61.2 Å². The fourth-order valence-electron chi connectivity index (χ4n) is 3.98. The number of carbonyl (C=O) groups excluding carboxylic acids is 3. The van der Waals surface area contributed by atoms with Crippen molar-refractivity contribution in [1.82, 2.24) is 10.2 Å². The Kier molecular flexibility index (Phi) is 5.16. The molecule has 6 heteroatoms. The van der Waals surface area contributed by atoms with Crippen LogP contribution >= 0.6 is 0 Å². The Hall–Kier alpha value is -3.41.